The van der Waals surface area contributed by atoms with Crippen molar-refractivity contribution in [2.45, 2.75) is 27.7 Å². The Labute approximate surface area is 144 Å². The van der Waals surface area contributed by atoms with E-state index in [0.717, 1.165) is 22.6 Å². The molecule has 0 aromatic heterocycles. The Kier molecular flexibility index (Phi) is 6.24. The normalized spacial score (nSPS) is 10.3. The summed E-state index contributed by atoms with van der Waals surface area (Å²) in [6.07, 6.45) is 0. The molecule has 4 nitrogen and oxygen atoms in total. The number of benzene rings is 2. The maximum Gasteiger partial charge on any atom is 0.321 e. The molecule has 0 saturated heterocycles. The van der Waals surface area contributed by atoms with E-state index in [-0.39, 0.29) is 6.03 Å². The number of ether oxygens (including phenoxy) is 1. The minimum absolute atomic E-state index is 0.106. The lowest BCUT2D eigenvalue weighted by atomic mass is 10.1. The number of aryl methyl sites for hydroxylation is 2. The summed E-state index contributed by atoms with van der Waals surface area (Å²) in [5.74, 6) is 0.916. The van der Waals surface area contributed by atoms with Crippen molar-refractivity contribution in [1.29, 1.82) is 0 Å². The van der Waals surface area contributed by atoms with Crippen LogP contribution in [0.5, 0.6) is 5.75 Å². The van der Waals surface area contributed by atoms with E-state index in [9.17, 15) is 4.79 Å². The van der Waals surface area contributed by atoms with Crippen LogP contribution in [0.3, 0.4) is 0 Å². The lowest BCUT2D eigenvalue weighted by molar-refractivity contribution is 0.242. The van der Waals surface area contributed by atoms with Crippen molar-refractivity contribution in [3.05, 3.63) is 59.2 Å². The molecular weight excluding hydrogens is 300 g/mol. The molecule has 128 valence electrons. The number of carbonyl (C=O) groups excluding carboxylic acids is 1. The van der Waals surface area contributed by atoms with Crippen LogP contribution in [0.2, 0.25) is 0 Å². The third-order valence-electron chi connectivity index (χ3n) is 4.13. The largest absolute Gasteiger partial charge is 0.491 e. The van der Waals surface area contributed by atoms with Gasteiger partial charge in [0.25, 0.3) is 0 Å². The molecule has 0 heterocycles. The molecule has 0 radical (unpaired) electrons. The van der Waals surface area contributed by atoms with Crippen molar-refractivity contribution in [1.82, 2.24) is 5.32 Å². The summed E-state index contributed by atoms with van der Waals surface area (Å²) in [4.78, 5) is 14.0. The summed E-state index contributed by atoms with van der Waals surface area (Å²) in [6, 6.07) is 13.7. The van der Waals surface area contributed by atoms with Crippen molar-refractivity contribution >= 4 is 11.7 Å². The molecule has 0 bridgehead atoms. The van der Waals surface area contributed by atoms with Crippen LogP contribution in [0.15, 0.2) is 42.5 Å². The van der Waals surface area contributed by atoms with Gasteiger partial charge in [0.2, 0.25) is 0 Å². The van der Waals surface area contributed by atoms with Crippen molar-refractivity contribution in [3.63, 3.8) is 0 Å². The zero-order valence-electron chi connectivity index (χ0n) is 14.9. The van der Waals surface area contributed by atoms with Gasteiger partial charge in [0, 0.05) is 12.2 Å². The zero-order valence-corrected chi connectivity index (χ0v) is 14.9. The number of nitrogens with zero attached hydrogens (tertiary/aromatic N) is 1. The number of hydrogen-bond acceptors (Lipinski definition) is 2. The summed E-state index contributed by atoms with van der Waals surface area (Å²) in [6.45, 7) is 9.66. The Bertz CT molecular complexity index is 684. The van der Waals surface area contributed by atoms with Crippen molar-refractivity contribution in [2.75, 3.05) is 24.6 Å². The number of carbonyl (C=O) groups is 1. The Morgan fingerprint density at radius 2 is 1.71 bits per heavy atom. The molecule has 0 aliphatic carbocycles. The molecule has 1 N–H and O–H groups in total. The van der Waals surface area contributed by atoms with Crippen LogP contribution in [0, 0.1) is 20.8 Å². The summed E-state index contributed by atoms with van der Waals surface area (Å²) in [5.41, 5.74) is 4.37. The molecule has 24 heavy (non-hydrogen) atoms. The number of rotatable bonds is 6. The molecule has 0 spiro atoms. The first kappa shape index (κ1) is 17.9. The van der Waals surface area contributed by atoms with Gasteiger partial charge in [-0.05, 0) is 56.5 Å². The molecule has 0 aliphatic rings. The van der Waals surface area contributed by atoms with Gasteiger partial charge in [-0.2, -0.15) is 0 Å². The van der Waals surface area contributed by atoms with Gasteiger partial charge in [-0.3, -0.25) is 4.90 Å². The van der Waals surface area contributed by atoms with Gasteiger partial charge in [-0.1, -0.05) is 30.3 Å². The molecule has 2 rings (SSSR count). The summed E-state index contributed by atoms with van der Waals surface area (Å²) >= 11 is 0. The molecule has 2 aromatic rings. The van der Waals surface area contributed by atoms with Crippen LogP contribution in [0.1, 0.15) is 23.6 Å². The maximum absolute atomic E-state index is 12.3. The molecule has 0 atom stereocenters. The molecular formula is C20H26N2O2. The standard InChI is InChI=1S/C20H26N2O2/c1-5-22(18-9-7-6-8-10-18)20(23)21-13-14-24-19-16(3)12-11-15(2)17(19)4/h6-12H,5,13-14H2,1-4H3,(H,21,23). The molecule has 0 fully saturated rings. The smallest absolute Gasteiger partial charge is 0.321 e. The SMILES string of the molecule is CCN(C(=O)NCCOc1c(C)ccc(C)c1C)c1ccccc1. The predicted molar refractivity (Wildman–Crippen MR) is 99.0 cm³/mol. The summed E-state index contributed by atoms with van der Waals surface area (Å²) < 4.78 is 5.88. The molecule has 0 unspecified atom stereocenters. The number of urea groups is 1. The molecule has 2 aromatic carbocycles. The van der Waals surface area contributed by atoms with Gasteiger partial charge < -0.3 is 10.1 Å². The number of anilines is 1. The maximum atomic E-state index is 12.3. The van der Waals surface area contributed by atoms with E-state index in [1.807, 2.05) is 44.2 Å². The summed E-state index contributed by atoms with van der Waals surface area (Å²) in [7, 11) is 0. The highest BCUT2D eigenvalue weighted by molar-refractivity contribution is 5.91. The van der Waals surface area contributed by atoms with E-state index in [2.05, 4.69) is 31.3 Å². The number of hydrogen-bond donors (Lipinski definition) is 1. The highest BCUT2D eigenvalue weighted by Crippen LogP contribution is 2.25. The highest BCUT2D eigenvalue weighted by atomic mass is 16.5. The first-order valence-corrected chi connectivity index (χ1v) is 8.34. The third-order valence-corrected chi connectivity index (χ3v) is 4.13. The van der Waals surface area contributed by atoms with Crippen molar-refractivity contribution in [2.24, 2.45) is 0 Å². The topological polar surface area (TPSA) is 41.6 Å². The first-order valence-electron chi connectivity index (χ1n) is 8.34. The average molecular weight is 326 g/mol. The Hall–Kier alpha value is -2.49. The van der Waals surface area contributed by atoms with E-state index in [1.54, 1.807) is 4.90 Å². The lowest BCUT2D eigenvalue weighted by Gasteiger charge is -2.21. The van der Waals surface area contributed by atoms with Crippen LogP contribution < -0.4 is 15.0 Å². The van der Waals surface area contributed by atoms with Crippen LogP contribution in [-0.2, 0) is 0 Å². The average Bonchev–Trinajstić information content (AvgIpc) is 2.59. The van der Waals surface area contributed by atoms with Crippen molar-refractivity contribution < 1.29 is 9.53 Å². The van der Waals surface area contributed by atoms with E-state index in [1.165, 1.54) is 5.56 Å². The minimum atomic E-state index is -0.106. The second-order valence-corrected chi connectivity index (χ2v) is 5.81. The van der Waals surface area contributed by atoms with Crippen LogP contribution in [0.4, 0.5) is 10.5 Å². The minimum Gasteiger partial charge on any atom is -0.491 e. The van der Waals surface area contributed by atoms with Gasteiger partial charge in [0.1, 0.15) is 12.4 Å². The van der Waals surface area contributed by atoms with E-state index in [4.69, 9.17) is 4.74 Å². The second kappa shape index (κ2) is 8.39. The van der Waals surface area contributed by atoms with Gasteiger partial charge in [0.05, 0.1) is 6.54 Å². The fourth-order valence-corrected chi connectivity index (χ4v) is 2.61. The molecule has 0 saturated carbocycles. The molecule has 0 aliphatic heterocycles. The Morgan fingerprint density at radius 3 is 2.38 bits per heavy atom. The molecule has 4 heteroatoms. The molecule has 2 amide bonds. The van der Waals surface area contributed by atoms with E-state index in [0.29, 0.717) is 19.7 Å². The fourth-order valence-electron chi connectivity index (χ4n) is 2.61. The van der Waals surface area contributed by atoms with Gasteiger partial charge in [0.15, 0.2) is 0 Å². The first-order chi connectivity index (χ1) is 11.5. The van der Waals surface area contributed by atoms with Gasteiger partial charge in [-0.25, -0.2) is 4.79 Å². The van der Waals surface area contributed by atoms with E-state index < -0.39 is 0 Å². The van der Waals surface area contributed by atoms with Crippen LogP contribution >= 0.6 is 0 Å². The number of para-hydroxylation sites is 1. The van der Waals surface area contributed by atoms with Crippen LogP contribution in [-0.4, -0.2) is 25.7 Å². The van der Waals surface area contributed by atoms with Crippen molar-refractivity contribution in [3.8, 4) is 5.75 Å². The highest BCUT2D eigenvalue weighted by Gasteiger charge is 2.13. The second-order valence-electron chi connectivity index (χ2n) is 5.81. The fraction of sp³-hybridized carbons (Fsp3) is 0.350. The monoisotopic (exact) mass is 326 g/mol. The predicted octanol–water partition coefficient (Wildman–Crippen LogP) is 4.23. The Morgan fingerprint density at radius 1 is 1.04 bits per heavy atom. The lowest BCUT2D eigenvalue weighted by Crippen LogP contribution is -2.41. The third kappa shape index (κ3) is 4.28. The Balaban J connectivity index is 1.88. The van der Waals surface area contributed by atoms with Crippen LogP contribution in [0.25, 0.3) is 0 Å². The number of amides is 2. The van der Waals surface area contributed by atoms with Gasteiger partial charge in [-0.15, -0.1) is 0 Å². The van der Waals surface area contributed by atoms with Gasteiger partial charge >= 0.3 is 6.03 Å². The quantitative estimate of drug-likeness (QED) is 0.807. The summed E-state index contributed by atoms with van der Waals surface area (Å²) in [5, 5.41) is 2.92. The van der Waals surface area contributed by atoms with E-state index >= 15 is 0 Å². The number of nitrogens with one attached hydrogen (secondary N) is 1. The zero-order chi connectivity index (χ0) is 17.5.